The monoisotopic (exact) mass is 868 g/mol. The van der Waals surface area contributed by atoms with E-state index in [1.807, 2.05) is 6.92 Å². The number of alkyl halides is 6. The molecule has 6 aliphatic rings. The fourth-order valence-corrected chi connectivity index (χ4v) is 11.1. The normalized spacial score (nSPS) is 30.7. The number of aliphatic hydroxyl groups is 2. The molecule has 12 nitrogen and oxygen atoms in total. The summed E-state index contributed by atoms with van der Waals surface area (Å²) in [6.07, 6.45) is -2.93. The van der Waals surface area contributed by atoms with E-state index in [0.717, 1.165) is 44.9 Å². The Kier molecular flexibility index (Phi) is 15.3. The maximum Gasteiger partial charge on any atom is 0.389 e. The Bertz CT molecular complexity index is 1520. The molecule has 0 bridgehead atoms. The Morgan fingerprint density at radius 1 is 0.750 bits per heavy atom. The van der Waals surface area contributed by atoms with Crippen LogP contribution in [0.1, 0.15) is 111 Å². The quantitative estimate of drug-likeness (QED) is 0.281. The molecule has 6 atom stereocenters. The second-order valence-corrected chi connectivity index (χ2v) is 19.0. The van der Waals surface area contributed by atoms with Crippen LogP contribution in [0.15, 0.2) is 0 Å². The van der Waals surface area contributed by atoms with E-state index >= 15 is 0 Å². The Balaban J connectivity index is 0.000000228. The van der Waals surface area contributed by atoms with Gasteiger partial charge in [0.1, 0.15) is 6.61 Å². The SMILES string of the molecule is CC1CN(CC2(O)CCN(C(=O)C(C)CC(F)(F)F)CC23CCCC3)C(=O)CO1.COCC1CCN(CC2(O)CCN(C(=O)C(C)CC(F)(F)F)CC23CCCC3)C(=O)C1. The van der Waals surface area contributed by atoms with Gasteiger partial charge in [0, 0.05) is 82.1 Å². The molecule has 6 fully saturated rings. The molecule has 4 heterocycles. The van der Waals surface area contributed by atoms with Gasteiger partial charge in [0.15, 0.2) is 0 Å². The highest BCUT2D eigenvalue weighted by Crippen LogP contribution is 2.53. The highest BCUT2D eigenvalue weighted by Gasteiger charge is 2.58. The van der Waals surface area contributed by atoms with Crippen molar-refractivity contribution in [1.82, 2.24) is 19.6 Å². The first-order valence-corrected chi connectivity index (χ1v) is 21.8. The molecule has 0 aromatic carbocycles. The summed E-state index contributed by atoms with van der Waals surface area (Å²) < 4.78 is 87.0. The first-order valence-electron chi connectivity index (χ1n) is 21.8. The number of nitrogens with zero attached hydrogens (tertiary/aromatic N) is 4. The first-order chi connectivity index (χ1) is 27.9. The van der Waals surface area contributed by atoms with Crippen molar-refractivity contribution in [1.29, 1.82) is 0 Å². The molecule has 344 valence electrons. The van der Waals surface area contributed by atoms with Gasteiger partial charge in [-0.2, -0.15) is 26.3 Å². The molecule has 4 aliphatic heterocycles. The van der Waals surface area contributed by atoms with E-state index in [-0.39, 0.29) is 82.6 Å². The van der Waals surface area contributed by atoms with Crippen LogP contribution in [0, 0.1) is 28.6 Å². The van der Waals surface area contributed by atoms with Gasteiger partial charge >= 0.3 is 12.4 Å². The number of carbonyl (C=O) groups is 4. The van der Waals surface area contributed by atoms with Gasteiger partial charge in [0.25, 0.3) is 0 Å². The van der Waals surface area contributed by atoms with Gasteiger partial charge in [0.2, 0.25) is 23.6 Å². The standard InChI is InChI=1S/C22H35F3N2O4.C20H31F3N2O4/c1-16(12-22(23,24)25)19(29)27-10-8-21(30,20(14-27)6-3-4-7-20)15-26-9-5-17(13-31-2)11-18(26)28;1-14(9-20(21,22)23)17(27)24-8-7-19(28,18(12-24)5-3-4-6-18)13-25-10-15(2)29-11-16(25)26/h16-17,30H,3-15H2,1-2H3;14-15,28H,3-13H2,1-2H3. The van der Waals surface area contributed by atoms with Crippen LogP contribution in [0.4, 0.5) is 26.3 Å². The summed E-state index contributed by atoms with van der Waals surface area (Å²) in [6.45, 7) is 7.35. The van der Waals surface area contributed by atoms with E-state index < -0.39 is 70.9 Å². The number of morpholine rings is 1. The van der Waals surface area contributed by atoms with Crippen molar-refractivity contribution < 1.29 is 65.2 Å². The molecule has 2 N–H and O–H groups in total. The zero-order chi connectivity index (χ0) is 44.3. The fourth-order valence-electron chi connectivity index (χ4n) is 11.1. The lowest BCUT2D eigenvalue weighted by molar-refractivity contribution is -0.180. The zero-order valence-corrected chi connectivity index (χ0v) is 35.7. The molecule has 60 heavy (non-hydrogen) atoms. The minimum atomic E-state index is -4.38. The van der Waals surface area contributed by atoms with Gasteiger partial charge in [-0.3, -0.25) is 19.2 Å². The lowest BCUT2D eigenvalue weighted by Crippen LogP contribution is -2.65. The second-order valence-electron chi connectivity index (χ2n) is 19.0. The maximum atomic E-state index is 12.8. The average Bonchev–Trinajstić information content (AvgIpc) is 3.84. The molecule has 2 saturated carbocycles. The van der Waals surface area contributed by atoms with Crippen molar-refractivity contribution in [2.24, 2.45) is 28.6 Å². The number of β-amino-alcohol motifs (C(OH)–C–C–N with tert-alkyl or cyclic N) is 2. The third-order valence-electron chi connectivity index (χ3n) is 14.5. The van der Waals surface area contributed by atoms with Crippen molar-refractivity contribution >= 4 is 23.6 Å². The summed E-state index contributed by atoms with van der Waals surface area (Å²) in [5.41, 5.74) is -3.43. The van der Waals surface area contributed by atoms with E-state index in [2.05, 4.69) is 0 Å². The molecule has 6 unspecified atom stereocenters. The highest BCUT2D eigenvalue weighted by molar-refractivity contribution is 5.80. The number of rotatable bonds is 10. The Hall–Kier alpha value is -2.70. The highest BCUT2D eigenvalue weighted by atomic mass is 19.4. The smallest absolute Gasteiger partial charge is 0.387 e. The van der Waals surface area contributed by atoms with Crippen LogP contribution in [0.5, 0.6) is 0 Å². The average molecular weight is 869 g/mol. The molecule has 2 spiro atoms. The number of halogens is 6. The van der Waals surface area contributed by atoms with E-state index in [4.69, 9.17) is 9.47 Å². The van der Waals surface area contributed by atoms with Crippen LogP contribution in [0.3, 0.4) is 0 Å². The van der Waals surface area contributed by atoms with Gasteiger partial charge in [-0.1, -0.05) is 39.5 Å². The number of piperidine rings is 3. The molecular formula is C42H66F6N4O8. The van der Waals surface area contributed by atoms with Crippen molar-refractivity contribution in [3.8, 4) is 0 Å². The molecule has 0 aromatic heterocycles. The van der Waals surface area contributed by atoms with Gasteiger partial charge < -0.3 is 39.3 Å². The third kappa shape index (κ3) is 11.3. The topological polar surface area (TPSA) is 140 Å². The van der Waals surface area contributed by atoms with Crippen molar-refractivity contribution in [3.63, 3.8) is 0 Å². The third-order valence-corrected chi connectivity index (χ3v) is 14.5. The zero-order valence-electron chi connectivity index (χ0n) is 35.7. The molecule has 4 amide bonds. The van der Waals surface area contributed by atoms with E-state index in [1.165, 1.54) is 23.6 Å². The van der Waals surface area contributed by atoms with E-state index in [1.54, 1.807) is 16.9 Å². The number of hydrogen-bond acceptors (Lipinski definition) is 8. The number of carbonyl (C=O) groups excluding carboxylic acids is 4. The van der Waals surface area contributed by atoms with Gasteiger partial charge in [-0.25, -0.2) is 0 Å². The van der Waals surface area contributed by atoms with Gasteiger partial charge in [0.05, 0.1) is 43.2 Å². The maximum absolute atomic E-state index is 12.8. The summed E-state index contributed by atoms with van der Waals surface area (Å²) in [4.78, 5) is 56.7. The minimum absolute atomic E-state index is 0.00665. The van der Waals surface area contributed by atoms with Crippen molar-refractivity contribution in [2.45, 2.75) is 140 Å². The van der Waals surface area contributed by atoms with Crippen LogP contribution >= 0.6 is 0 Å². The lowest BCUT2D eigenvalue weighted by Gasteiger charge is -2.54. The Labute approximate surface area is 349 Å². The predicted molar refractivity (Wildman–Crippen MR) is 207 cm³/mol. The van der Waals surface area contributed by atoms with Crippen LogP contribution in [0.2, 0.25) is 0 Å². The predicted octanol–water partition coefficient (Wildman–Crippen LogP) is 5.33. The van der Waals surface area contributed by atoms with Crippen LogP contribution in [-0.4, -0.2) is 156 Å². The van der Waals surface area contributed by atoms with Crippen LogP contribution < -0.4 is 0 Å². The van der Waals surface area contributed by atoms with E-state index in [0.29, 0.717) is 39.0 Å². The summed E-state index contributed by atoms with van der Waals surface area (Å²) >= 11 is 0. The number of likely N-dealkylation sites (tertiary alicyclic amines) is 3. The molecule has 2 aliphatic carbocycles. The van der Waals surface area contributed by atoms with Gasteiger partial charge in [-0.05, 0) is 57.8 Å². The summed E-state index contributed by atoms with van der Waals surface area (Å²) in [6, 6.07) is 0. The van der Waals surface area contributed by atoms with Crippen molar-refractivity contribution in [3.05, 3.63) is 0 Å². The van der Waals surface area contributed by atoms with Crippen molar-refractivity contribution in [2.75, 3.05) is 72.7 Å². The number of ether oxygens (including phenoxy) is 2. The fraction of sp³-hybridized carbons (Fsp3) is 0.905. The minimum Gasteiger partial charge on any atom is -0.387 e. The Morgan fingerprint density at radius 2 is 1.20 bits per heavy atom. The summed E-state index contributed by atoms with van der Waals surface area (Å²) in [5, 5.41) is 23.4. The summed E-state index contributed by atoms with van der Waals surface area (Å²) in [7, 11) is 1.62. The van der Waals surface area contributed by atoms with Crippen LogP contribution in [-0.2, 0) is 28.7 Å². The molecule has 0 aromatic rings. The lowest BCUT2D eigenvalue weighted by atomic mass is 9.65. The first kappa shape index (κ1) is 48.3. The molecule has 0 radical (unpaired) electrons. The summed E-state index contributed by atoms with van der Waals surface area (Å²) in [5.74, 6) is -3.24. The Morgan fingerprint density at radius 3 is 1.62 bits per heavy atom. The molecule has 6 rings (SSSR count). The number of amides is 4. The number of hydrogen-bond donors (Lipinski definition) is 2. The largest absolute Gasteiger partial charge is 0.389 e. The number of methoxy groups -OCH3 is 1. The van der Waals surface area contributed by atoms with E-state index in [9.17, 15) is 55.7 Å². The van der Waals surface area contributed by atoms with Gasteiger partial charge in [-0.15, -0.1) is 0 Å². The second kappa shape index (κ2) is 19.0. The molecule has 18 heteroatoms. The molecule has 4 saturated heterocycles. The molecular weight excluding hydrogens is 802 g/mol. The van der Waals surface area contributed by atoms with Crippen LogP contribution in [0.25, 0.3) is 0 Å².